The van der Waals surface area contributed by atoms with Crippen LogP contribution in [0.25, 0.3) is 11.1 Å². The Bertz CT molecular complexity index is 1350. The quantitative estimate of drug-likeness (QED) is 0.146. The Morgan fingerprint density at radius 1 is 0.548 bits per heavy atom. The molecule has 3 aromatic rings. The van der Waals surface area contributed by atoms with Gasteiger partial charge in [-0.3, -0.25) is 0 Å². The van der Waals surface area contributed by atoms with E-state index in [1.165, 1.54) is 18.2 Å². The van der Waals surface area contributed by atoms with Crippen molar-refractivity contribution in [2.75, 3.05) is 19.8 Å². The van der Waals surface area contributed by atoms with Crippen molar-refractivity contribution >= 4 is 0 Å². The molecule has 3 aromatic carbocycles. The number of rotatable bonds is 13. The Morgan fingerprint density at radius 2 is 1.00 bits per heavy atom. The summed E-state index contributed by atoms with van der Waals surface area (Å²) in [6.07, 6.45) is 5.52. The molecule has 0 heterocycles. The Labute approximate surface area is 242 Å². The predicted octanol–water partition coefficient (Wildman–Crippen LogP) is 9.90. The Hall–Kier alpha value is -3.36. The maximum Gasteiger partial charge on any atom is 0.201 e. The summed E-state index contributed by atoms with van der Waals surface area (Å²) in [5.41, 5.74) is -0.559. The third-order valence-corrected chi connectivity index (χ3v) is 7.73. The Kier molecular flexibility index (Phi) is 11.0. The zero-order valence-electron chi connectivity index (χ0n) is 23.9. The van der Waals surface area contributed by atoms with Crippen LogP contribution in [0.1, 0.15) is 76.7 Å². The van der Waals surface area contributed by atoms with E-state index in [-0.39, 0.29) is 42.3 Å². The number of ether oxygens (including phenoxy) is 3. The van der Waals surface area contributed by atoms with Gasteiger partial charge in [-0.15, -0.1) is 0 Å². The van der Waals surface area contributed by atoms with Gasteiger partial charge in [-0.1, -0.05) is 32.8 Å². The fraction of sp³-hybridized carbons (Fsp3) is 0.455. The van der Waals surface area contributed by atoms with Crippen molar-refractivity contribution in [3.8, 4) is 28.4 Å². The lowest BCUT2D eigenvalue weighted by Crippen LogP contribution is -2.20. The molecule has 0 saturated heterocycles. The van der Waals surface area contributed by atoms with Gasteiger partial charge in [0.25, 0.3) is 0 Å². The summed E-state index contributed by atoms with van der Waals surface area (Å²) in [6, 6.07) is 7.71. The summed E-state index contributed by atoms with van der Waals surface area (Å²) in [6.45, 7) is 4.53. The first-order chi connectivity index (χ1) is 20.3. The van der Waals surface area contributed by atoms with Crippen molar-refractivity contribution in [3.63, 3.8) is 0 Å². The molecule has 4 rings (SSSR count). The van der Waals surface area contributed by atoms with E-state index in [1.807, 2.05) is 13.8 Å². The molecule has 0 N–H and O–H groups in total. The molecule has 9 heteroatoms. The third kappa shape index (κ3) is 7.16. The Balaban J connectivity index is 1.36. The molecule has 1 fully saturated rings. The average molecular weight is 595 g/mol. The molecule has 0 spiro atoms. The monoisotopic (exact) mass is 594 g/mol. The van der Waals surface area contributed by atoms with Gasteiger partial charge in [0.05, 0.1) is 19.8 Å². The van der Waals surface area contributed by atoms with E-state index in [1.54, 1.807) is 6.07 Å². The van der Waals surface area contributed by atoms with Crippen LogP contribution in [-0.2, 0) is 0 Å². The van der Waals surface area contributed by atoms with Gasteiger partial charge >= 0.3 is 0 Å². The minimum absolute atomic E-state index is 0.000241. The normalized spacial score (nSPS) is 16.9. The largest absolute Gasteiger partial charge is 0.490 e. The van der Waals surface area contributed by atoms with E-state index in [4.69, 9.17) is 14.2 Å². The molecule has 0 atom stereocenters. The predicted molar refractivity (Wildman–Crippen MR) is 149 cm³/mol. The maximum atomic E-state index is 14.9. The van der Waals surface area contributed by atoms with Crippen molar-refractivity contribution < 1.29 is 40.6 Å². The second-order valence-corrected chi connectivity index (χ2v) is 10.7. The molecule has 42 heavy (non-hydrogen) atoms. The van der Waals surface area contributed by atoms with Crippen molar-refractivity contribution in [2.24, 2.45) is 5.92 Å². The zero-order chi connectivity index (χ0) is 30.2. The van der Waals surface area contributed by atoms with Gasteiger partial charge < -0.3 is 14.2 Å². The van der Waals surface area contributed by atoms with Crippen LogP contribution < -0.4 is 14.2 Å². The van der Waals surface area contributed by atoms with E-state index in [2.05, 4.69) is 0 Å². The van der Waals surface area contributed by atoms with Gasteiger partial charge in [0.2, 0.25) is 17.5 Å². The van der Waals surface area contributed by atoms with Gasteiger partial charge in [0.1, 0.15) is 0 Å². The van der Waals surface area contributed by atoms with Crippen molar-refractivity contribution in [1.82, 2.24) is 0 Å². The van der Waals surface area contributed by atoms with E-state index >= 15 is 0 Å². The molecule has 0 aromatic heterocycles. The maximum absolute atomic E-state index is 14.9. The lowest BCUT2D eigenvalue weighted by molar-refractivity contribution is 0.191. The molecule has 0 aliphatic heterocycles. The fourth-order valence-electron chi connectivity index (χ4n) is 5.18. The van der Waals surface area contributed by atoms with Crippen molar-refractivity contribution in [1.29, 1.82) is 0 Å². The molecular weight excluding hydrogens is 558 g/mol. The summed E-state index contributed by atoms with van der Waals surface area (Å²) in [5.74, 6) is -8.02. The Morgan fingerprint density at radius 3 is 1.50 bits per heavy atom. The number of benzene rings is 3. The van der Waals surface area contributed by atoms with Crippen LogP contribution in [0, 0.1) is 40.8 Å². The first-order valence-corrected chi connectivity index (χ1v) is 14.6. The van der Waals surface area contributed by atoms with Crippen LogP contribution in [0.5, 0.6) is 17.2 Å². The van der Waals surface area contributed by atoms with Crippen molar-refractivity contribution in [3.05, 3.63) is 76.9 Å². The number of hydrogen-bond acceptors (Lipinski definition) is 3. The van der Waals surface area contributed by atoms with Gasteiger partial charge in [-0.25, -0.2) is 13.2 Å². The summed E-state index contributed by atoms with van der Waals surface area (Å²) < 4.78 is 104. The lowest BCUT2D eigenvalue weighted by atomic mass is 9.79. The SMILES string of the molecule is CCCCOc1ccc(-c2ccc(OCC3CCC(c4ccc(OCCCC)c(F)c4F)CC3)c(F)c2F)c(F)c1F. The second kappa shape index (κ2) is 14.7. The first kappa shape index (κ1) is 31.6. The van der Waals surface area contributed by atoms with Crippen LogP contribution in [0.3, 0.4) is 0 Å². The molecular formula is C33H36F6O3. The van der Waals surface area contributed by atoms with Crippen molar-refractivity contribution in [2.45, 2.75) is 71.1 Å². The van der Waals surface area contributed by atoms with Gasteiger partial charge in [0.15, 0.2) is 34.7 Å². The molecule has 0 unspecified atom stereocenters. The number of unbranched alkanes of at least 4 members (excludes halogenated alkanes) is 2. The first-order valence-electron chi connectivity index (χ1n) is 14.6. The van der Waals surface area contributed by atoms with Crippen LogP contribution in [0.15, 0.2) is 36.4 Å². The molecule has 0 bridgehead atoms. The number of halogens is 6. The highest BCUT2D eigenvalue weighted by molar-refractivity contribution is 5.67. The summed E-state index contributed by atoms with van der Waals surface area (Å²) in [5, 5.41) is 0. The molecule has 1 aliphatic rings. The highest BCUT2D eigenvalue weighted by Crippen LogP contribution is 2.40. The molecule has 0 amide bonds. The standard InChI is InChI=1S/C33H36F6O3/c1-3-5-17-40-25-14-11-22(28(34)31(25)37)21-9-7-20(8-10-21)19-42-27-16-13-24(30(36)33(27)39)23-12-15-26(32(38)29(23)35)41-18-6-4-2/h11-16,20-21H,3-10,17-19H2,1-2H3. The van der Waals surface area contributed by atoms with Gasteiger partial charge in [0, 0.05) is 11.1 Å². The van der Waals surface area contributed by atoms with E-state index in [0.29, 0.717) is 44.3 Å². The van der Waals surface area contributed by atoms with Crippen LogP contribution in [0.4, 0.5) is 26.3 Å². The minimum atomic E-state index is -1.35. The molecule has 1 aliphatic carbocycles. The summed E-state index contributed by atoms with van der Waals surface area (Å²) >= 11 is 0. The topological polar surface area (TPSA) is 27.7 Å². The second-order valence-electron chi connectivity index (χ2n) is 10.7. The molecule has 1 saturated carbocycles. The lowest BCUT2D eigenvalue weighted by Gasteiger charge is -2.29. The molecule has 0 radical (unpaired) electrons. The number of hydrogen-bond donors (Lipinski definition) is 0. The van der Waals surface area contributed by atoms with Crippen LogP contribution in [-0.4, -0.2) is 19.8 Å². The van der Waals surface area contributed by atoms with Gasteiger partial charge in [-0.2, -0.15) is 13.2 Å². The summed E-state index contributed by atoms with van der Waals surface area (Å²) in [4.78, 5) is 0. The highest BCUT2D eigenvalue weighted by atomic mass is 19.2. The molecule has 228 valence electrons. The summed E-state index contributed by atoms with van der Waals surface area (Å²) in [7, 11) is 0. The molecule has 3 nitrogen and oxygen atoms in total. The van der Waals surface area contributed by atoms with E-state index in [9.17, 15) is 26.3 Å². The minimum Gasteiger partial charge on any atom is -0.490 e. The fourth-order valence-corrected chi connectivity index (χ4v) is 5.18. The smallest absolute Gasteiger partial charge is 0.201 e. The zero-order valence-corrected chi connectivity index (χ0v) is 23.9. The van der Waals surface area contributed by atoms with Crippen LogP contribution >= 0.6 is 0 Å². The van der Waals surface area contributed by atoms with E-state index < -0.39 is 46.0 Å². The van der Waals surface area contributed by atoms with Gasteiger partial charge in [-0.05, 0) is 86.3 Å². The van der Waals surface area contributed by atoms with E-state index in [0.717, 1.165) is 31.4 Å². The average Bonchev–Trinajstić information content (AvgIpc) is 2.99. The highest BCUT2D eigenvalue weighted by Gasteiger charge is 2.28. The third-order valence-electron chi connectivity index (χ3n) is 7.73. The van der Waals surface area contributed by atoms with Crippen LogP contribution in [0.2, 0.25) is 0 Å².